The first kappa shape index (κ1) is 17.1. The molecule has 21 heavy (non-hydrogen) atoms. The Hall–Kier alpha value is -0.280. The van der Waals surface area contributed by atoms with Crippen molar-refractivity contribution in [2.75, 3.05) is 13.1 Å². The third kappa shape index (κ3) is 4.59. The summed E-state index contributed by atoms with van der Waals surface area (Å²) in [6.07, 6.45) is 4.87. The molecule has 2 rings (SSSR count). The molecule has 0 aliphatic carbocycles. The molecule has 1 saturated heterocycles. The van der Waals surface area contributed by atoms with Gasteiger partial charge in [0.05, 0.1) is 0 Å². The zero-order valence-electron chi connectivity index (χ0n) is 13.0. The van der Waals surface area contributed by atoms with E-state index >= 15 is 0 Å². The first-order chi connectivity index (χ1) is 10.2. The molecule has 2 nitrogen and oxygen atoms in total. The van der Waals surface area contributed by atoms with Crippen molar-refractivity contribution in [3.63, 3.8) is 0 Å². The highest BCUT2D eigenvalue weighted by Crippen LogP contribution is 2.28. The van der Waals surface area contributed by atoms with Crippen LogP contribution in [0.2, 0.25) is 10.0 Å². The number of halogens is 2. The number of nitrogens with zero attached hydrogens (tertiary/aromatic N) is 1. The largest absolute Gasteiger partial charge is 0.311 e. The average Bonchev–Trinajstić information content (AvgIpc) is 2.46. The lowest BCUT2D eigenvalue weighted by atomic mass is 10.0. The third-order valence-corrected chi connectivity index (χ3v) is 5.00. The van der Waals surface area contributed by atoms with Gasteiger partial charge in [0.15, 0.2) is 0 Å². The minimum absolute atomic E-state index is 0.579. The highest BCUT2D eigenvalue weighted by Gasteiger charge is 2.27. The Labute approximate surface area is 138 Å². The molecular formula is C17H26Cl2N2. The van der Waals surface area contributed by atoms with Gasteiger partial charge in [-0.05, 0) is 25.0 Å². The van der Waals surface area contributed by atoms with Crippen molar-refractivity contribution in [2.24, 2.45) is 0 Å². The molecule has 1 heterocycles. The van der Waals surface area contributed by atoms with Crippen LogP contribution in [-0.2, 0) is 6.54 Å². The van der Waals surface area contributed by atoms with Crippen LogP contribution in [0.4, 0.5) is 0 Å². The molecule has 1 fully saturated rings. The first-order valence-corrected chi connectivity index (χ1v) is 8.81. The number of benzene rings is 1. The third-order valence-electron chi connectivity index (χ3n) is 4.30. The molecule has 118 valence electrons. The maximum atomic E-state index is 6.34. The van der Waals surface area contributed by atoms with Gasteiger partial charge in [-0.3, -0.25) is 4.90 Å². The first-order valence-electron chi connectivity index (χ1n) is 8.06. The highest BCUT2D eigenvalue weighted by molar-refractivity contribution is 6.35. The SMILES string of the molecule is CCCC1CN(Cc2c(Cl)cccc2Cl)C(CCC)CN1. The van der Waals surface area contributed by atoms with E-state index in [1.807, 2.05) is 18.2 Å². The maximum Gasteiger partial charge on any atom is 0.0465 e. The molecule has 0 bridgehead atoms. The Morgan fingerprint density at radius 1 is 1.14 bits per heavy atom. The Kier molecular flexibility index (Phi) is 6.81. The molecule has 1 aliphatic rings. The van der Waals surface area contributed by atoms with Crippen molar-refractivity contribution in [1.29, 1.82) is 0 Å². The molecule has 1 aromatic rings. The smallest absolute Gasteiger partial charge is 0.0465 e. The van der Waals surface area contributed by atoms with Crippen LogP contribution in [0.15, 0.2) is 18.2 Å². The summed E-state index contributed by atoms with van der Waals surface area (Å²) in [4.78, 5) is 2.56. The molecule has 0 amide bonds. The Morgan fingerprint density at radius 2 is 1.81 bits per heavy atom. The maximum absolute atomic E-state index is 6.34. The number of hydrogen-bond donors (Lipinski definition) is 1. The quantitative estimate of drug-likeness (QED) is 0.811. The van der Waals surface area contributed by atoms with Crippen molar-refractivity contribution in [3.8, 4) is 0 Å². The molecule has 1 aromatic carbocycles. The predicted octanol–water partition coefficient (Wildman–Crippen LogP) is 4.74. The predicted molar refractivity (Wildman–Crippen MR) is 92.3 cm³/mol. The topological polar surface area (TPSA) is 15.3 Å². The average molecular weight is 329 g/mol. The van der Waals surface area contributed by atoms with Crippen LogP contribution in [0.3, 0.4) is 0 Å². The zero-order chi connectivity index (χ0) is 15.2. The van der Waals surface area contributed by atoms with Gasteiger partial charge in [0.1, 0.15) is 0 Å². The summed E-state index contributed by atoms with van der Waals surface area (Å²) >= 11 is 12.7. The highest BCUT2D eigenvalue weighted by atomic mass is 35.5. The lowest BCUT2D eigenvalue weighted by Crippen LogP contribution is -2.55. The number of piperazine rings is 1. The van der Waals surface area contributed by atoms with Crippen molar-refractivity contribution in [3.05, 3.63) is 33.8 Å². The van der Waals surface area contributed by atoms with Gasteiger partial charge in [-0.15, -0.1) is 0 Å². The molecule has 2 atom stereocenters. The van der Waals surface area contributed by atoms with Gasteiger partial charge in [0, 0.05) is 47.3 Å². The monoisotopic (exact) mass is 328 g/mol. The summed E-state index contributed by atoms with van der Waals surface area (Å²) in [5, 5.41) is 5.25. The fourth-order valence-electron chi connectivity index (χ4n) is 3.17. The molecule has 4 heteroatoms. The standard InChI is InChI=1S/C17H26Cl2N2/c1-3-6-13-11-21(14(7-4-2)10-20-13)12-15-16(18)8-5-9-17(15)19/h5,8-9,13-14,20H,3-4,6-7,10-12H2,1-2H3. The molecule has 1 N–H and O–H groups in total. The second-order valence-electron chi connectivity index (χ2n) is 5.97. The van der Waals surface area contributed by atoms with Gasteiger partial charge in [-0.2, -0.15) is 0 Å². The summed E-state index contributed by atoms with van der Waals surface area (Å²) < 4.78 is 0. The van der Waals surface area contributed by atoms with Crippen LogP contribution >= 0.6 is 23.2 Å². The summed E-state index contributed by atoms with van der Waals surface area (Å²) in [6, 6.07) is 6.95. The number of rotatable bonds is 6. The molecular weight excluding hydrogens is 303 g/mol. The minimum Gasteiger partial charge on any atom is -0.311 e. The van der Waals surface area contributed by atoms with Gasteiger partial charge >= 0.3 is 0 Å². The van der Waals surface area contributed by atoms with Crippen molar-refractivity contribution in [2.45, 2.75) is 58.2 Å². The minimum atomic E-state index is 0.579. The van der Waals surface area contributed by atoms with Gasteiger partial charge in [-0.1, -0.05) is 56.0 Å². The van der Waals surface area contributed by atoms with E-state index in [1.165, 1.54) is 25.7 Å². The zero-order valence-corrected chi connectivity index (χ0v) is 14.6. The van der Waals surface area contributed by atoms with E-state index in [-0.39, 0.29) is 0 Å². The van der Waals surface area contributed by atoms with E-state index in [4.69, 9.17) is 23.2 Å². The van der Waals surface area contributed by atoms with Crippen LogP contribution in [0.1, 0.15) is 45.1 Å². The van der Waals surface area contributed by atoms with Gasteiger partial charge in [-0.25, -0.2) is 0 Å². The lowest BCUT2D eigenvalue weighted by Gasteiger charge is -2.41. The van der Waals surface area contributed by atoms with Crippen LogP contribution in [-0.4, -0.2) is 30.1 Å². The molecule has 0 radical (unpaired) electrons. The fraction of sp³-hybridized carbons (Fsp3) is 0.647. The molecule has 0 aromatic heterocycles. The number of hydrogen-bond acceptors (Lipinski definition) is 2. The van der Waals surface area contributed by atoms with E-state index in [0.717, 1.165) is 35.2 Å². The summed E-state index contributed by atoms with van der Waals surface area (Å²) in [5.41, 5.74) is 1.07. The summed E-state index contributed by atoms with van der Waals surface area (Å²) in [7, 11) is 0. The normalized spacial score (nSPS) is 23.4. The summed E-state index contributed by atoms with van der Waals surface area (Å²) in [6.45, 7) is 7.50. The van der Waals surface area contributed by atoms with E-state index in [9.17, 15) is 0 Å². The molecule has 0 saturated carbocycles. The second-order valence-corrected chi connectivity index (χ2v) is 6.78. The van der Waals surface area contributed by atoms with Crippen LogP contribution in [0, 0.1) is 0 Å². The van der Waals surface area contributed by atoms with Gasteiger partial charge in [0.2, 0.25) is 0 Å². The Balaban J connectivity index is 2.12. The van der Waals surface area contributed by atoms with Crippen LogP contribution in [0.5, 0.6) is 0 Å². The molecule has 0 spiro atoms. The van der Waals surface area contributed by atoms with Gasteiger partial charge < -0.3 is 5.32 Å². The van der Waals surface area contributed by atoms with Crippen molar-refractivity contribution >= 4 is 23.2 Å². The van der Waals surface area contributed by atoms with E-state index in [2.05, 4.69) is 24.1 Å². The number of nitrogens with one attached hydrogen (secondary N) is 1. The van der Waals surface area contributed by atoms with Crippen LogP contribution in [0.25, 0.3) is 0 Å². The molecule has 1 aliphatic heterocycles. The summed E-state index contributed by atoms with van der Waals surface area (Å²) in [5.74, 6) is 0. The van der Waals surface area contributed by atoms with E-state index in [0.29, 0.717) is 12.1 Å². The Bertz CT molecular complexity index is 430. The molecule has 2 unspecified atom stereocenters. The van der Waals surface area contributed by atoms with Crippen LogP contribution < -0.4 is 5.32 Å². The van der Waals surface area contributed by atoms with E-state index in [1.54, 1.807) is 0 Å². The van der Waals surface area contributed by atoms with Crippen molar-refractivity contribution in [1.82, 2.24) is 10.2 Å². The van der Waals surface area contributed by atoms with E-state index < -0.39 is 0 Å². The lowest BCUT2D eigenvalue weighted by molar-refractivity contribution is 0.112. The Morgan fingerprint density at radius 3 is 2.43 bits per heavy atom. The van der Waals surface area contributed by atoms with Gasteiger partial charge in [0.25, 0.3) is 0 Å². The fourth-order valence-corrected chi connectivity index (χ4v) is 3.69. The second kappa shape index (κ2) is 8.38. The van der Waals surface area contributed by atoms with Crippen molar-refractivity contribution < 1.29 is 0 Å².